The van der Waals surface area contributed by atoms with Crippen LogP contribution in [-0.4, -0.2) is 49.5 Å². The number of rotatable bonds is 10. The summed E-state index contributed by atoms with van der Waals surface area (Å²) in [6.07, 6.45) is 2.27. The highest BCUT2D eigenvalue weighted by atomic mass is 35.5. The highest BCUT2D eigenvalue weighted by Gasteiger charge is 2.23. The minimum absolute atomic E-state index is 0.265. The molecule has 0 spiro atoms. The van der Waals surface area contributed by atoms with Crippen LogP contribution in [0.25, 0.3) is 0 Å². The third-order valence-corrected chi connectivity index (χ3v) is 5.35. The third kappa shape index (κ3) is 7.06. The lowest BCUT2D eigenvalue weighted by atomic mass is 10.1. The topological polar surface area (TPSA) is 106 Å². The Balaban J connectivity index is 2.04. The fourth-order valence-corrected chi connectivity index (χ4v) is 3.44. The van der Waals surface area contributed by atoms with Crippen molar-refractivity contribution in [3.63, 3.8) is 0 Å². The number of halogens is 1. The molecule has 0 saturated carbocycles. The van der Waals surface area contributed by atoms with Crippen molar-refractivity contribution in [3.05, 3.63) is 58.6 Å². The summed E-state index contributed by atoms with van der Waals surface area (Å²) in [4.78, 5) is 37.7. The molecule has 0 radical (unpaired) electrons. The zero-order valence-electron chi connectivity index (χ0n) is 18.1. The van der Waals surface area contributed by atoms with E-state index in [0.717, 1.165) is 0 Å². The molecular formula is C22H26ClN3O5S. The van der Waals surface area contributed by atoms with E-state index in [4.69, 9.17) is 21.1 Å². The number of hydrogen-bond donors (Lipinski definition) is 3. The first kappa shape index (κ1) is 25.4. The van der Waals surface area contributed by atoms with Crippen LogP contribution >= 0.6 is 23.4 Å². The molecule has 10 heteroatoms. The highest BCUT2D eigenvalue weighted by Crippen LogP contribution is 2.27. The van der Waals surface area contributed by atoms with Gasteiger partial charge in [0.05, 0.1) is 24.3 Å². The molecule has 0 aliphatic rings. The van der Waals surface area contributed by atoms with Crippen LogP contribution in [0.15, 0.2) is 42.5 Å². The summed E-state index contributed by atoms with van der Waals surface area (Å²) < 4.78 is 10.7. The van der Waals surface area contributed by atoms with E-state index in [1.54, 1.807) is 36.4 Å². The average molecular weight is 480 g/mol. The average Bonchev–Trinajstić information content (AvgIpc) is 2.80. The largest absolute Gasteiger partial charge is 0.493 e. The molecule has 3 N–H and O–H groups in total. The van der Waals surface area contributed by atoms with Gasteiger partial charge in [-0.3, -0.25) is 25.2 Å². The molecule has 8 nitrogen and oxygen atoms in total. The minimum atomic E-state index is -0.860. The van der Waals surface area contributed by atoms with Gasteiger partial charge >= 0.3 is 0 Å². The van der Waals surface area contributed by atoms with Crippen molar-refractivity contribution >= 4 is 41.1 Å². The van der Waals surface area contributed by atoms with E-state index in [1.165, 1.54) is 24.9 Å². The van der Waals surface area contributed by atoms with Gasteiger partial charge in [-0.2, -0.15) is 11.8 Å². The number of ether oxygens (including phenoxy) is 2. The fourth-order valence-electron chi connectivity index (χ4n) is 2.75. The monoisotopic (exact) mass is 479 g/mol. The standard InChI is InChI=1S/C22H26ClN3O5S/c1-4-31-18-10-9-14(13-19(18)30-2)20(27)25-26-22(29)17(11-12-32-3)24-21(28)15-7-5-6-8-16(15)23/h5-10,13,17H,4,11-12H2,1-3H3,(H,24,28)(H,25,27)(H,26,29)/t17-/m0/s1. The smallest absolute Gasteiger partial charge is 0.269 e. The van der Waals surface area contributed by atoms with E-state index in [-0.39, 0.29) is 16.1 Å². The van der Waals surface area contributed by atoms with Crippen molar-refractivity contribution in [2.75, 3.05) is 25.7 Å². The molecule has 0 aliphatic heterocycles. The van der Waals surface area contributed by atoms with Gasteiger partial charge in [-0.05, 0) is 55.7 Å². The molecule has 0 aromatic heterocycles. The van der Waals surface area contributed by atoms with E-state index < -0.39 is 23.8 Å². The Morgan fingerprint density at radius 1 is 1.06 bits per heavy atom. The number of thioether (sulfide) groups is 1. The predicted octanol–water partition coefficient (Wildman–Crippen LogP) is 3.06. The van der Waals surface area contributed by atoms with Crippen LogP contribution in [0.3, 0.4) is 0 Å². The molecule has 3 amide bonds. The summed E-state index contributed by atoms with van der Waals surface area (Å²) >= 11 is 7.60. The Morgan fingerprint density at radius 3 is 2.47 bits per heavy atom. The van der Waals surface area contributed by atoms with Crippen LogP contribution in [0, 0.1) is 0 Å². The Labute approximate surface area is 196 Å². The van der Waals surface area contributed by atoms with Gasteiger partial charge in [-0.25, -0.2) is 0 Å². The van der Waals surface area contributed by atoms with Crippen molar-refractivity contribution < 1.29 is 23.9 Å². The number of nitrogens with one attached hydrogen (secondary N) is 3. The SMILES string of the molecule is CCOc1ccc(C(=O)NNC(=O)[C@H](CCSC)NC(=O)c2ccccc2Cl)cc1OC. The van der Waals surface area contributed by atoms with Crippen molar-refractivity contribution in [1.29, 1.82) is 0 Å². The number of benzene rings is 2. The summed E-state index contributed by atoms with van der Waals surface area (Å²) in [7, 11) is 1.47. The fraction of sp³-hybridized carbons (Fsp3) is 0.318. The van der Waals surface area contributed by atoms with E-state index >= 15 is 0 Å². The maximum atomic E-state index is 12.7. The van der Waals surface area contributed by atoms with E-state index in [0.29, 0.717) is 30.3 Å². The number of hydrazine groups is 1. The zero-order chi connectivity index (χ0) is 23.5. The lowest BCUT2D eigenvalue weighted by Gasteiger charge is -2.19. The second-order valence-electron chi connectivity index (χ2n) is 6.53. The van der Waals surface area contributed by atoms with Gasteiger partial charge in [0.15, 0.2) is 11.5 Å². The van der Waals surface area contributed by atoms with Crippen molar-refractivity contribution in [3.8, 4) is 11.5 Å². The van der Waals surface area contributed by atoms with Gasteiger partial charge < -0.3 is 14.8 Å². The summed E-state index contributed by atoms with van der Waals surface area (Å²) in [6, 6.07) is 10.4. The predicted molar refractivity (Wildman–Crippen MR) is 125 cm³/mol. The molecule has 32 heavy (non-hydrogen) atoms. The quantitative estimate of drug-likeness (QED) is 0.452. The summed E-state index contributed by atoms with van der Waals surface area (Å²) in [6.45, 7) is 2.29. The normalized spacial score (nSPS) is 11.2. The summed E-state index contributed by atoms with van der Waals surface area (Å²) in [5.74, 6) is -0.0261. The van der Waals surface area contributed by atoms with Crippen molar-refractivity contribution in [1.82, 2.24) is 16.2 Å². The molecule has 0 unspecified atom stereocenters. The van der Waals surface area contributed by atoms with Crippen LogP contribution in [0.4, 0.5) is 0 Å². The van der Waals surface area contributed by atoms with E-state index in [2.05, 4.69) is 16.2 Å². The molecule has 2 rings (SSSR count). The first-order valence-corrected chi connectivity index (χ1v) is 11.6. The van der Waals surface area contributed by atoms with E-state index in [9.17, 15) is 14.4 Å². The number of carbonyl (C=O) groups excluding carboxylic acids is 3. The molecule has 0 heterocycles. The van der Waals surface area contributed by atoms with Crippen LogP contribution in [0.5, 0.6) is 11.5 Å². The maximum Gasteiger partial charge on any atom is 0.269 e. The molecule has 0 aliphatic carbocycles. The maximum absolute atomic E-state index is 12.7. The number of carbonyl (C=O) groups is 3. The Bertz CT molecular complexity index is 957. The van der Waals surface area contributed by atoms with E-state index in [1.807, 2.05) is 13.2 Å². The van der Waals surface area contributed by atoms with Gasteiger partial charge in [0, 0.05) is 5.56 Å². The zero-order valence-corrected chi connectivity index (χ0v) is 19.6. The van der Waals surface area contributed by atoms with Crippen LogP contribution in [0.1, 0.15) is 34.1 Å². The first-order chi connectivity index (χ1) is 15.4. The van der Waals surface area contributed by atoms with Gasteiger partial charge in [-0.15, -0.1) is 0 Å². The molecule has 2 aromatic carbocycles. The van der Waals surface area contributed by atoms with Crippen molar-refractivity contribution in [2.24, 2.45) is 0 Å². The molecule has 172 valence electrons. The summed E-state index contributed by atoms with van der Waals surface area (Å²) in [5, 5.41) is 2.96. The Kier molecular flexibility index (Phi) is 10.2. The highest BCUT2D eigenvalue weighted by molar-refractivity contribution is 7.98. The van der Waals surface area contributed by atoms with Gasteiger partial charge in [0.1, 0.15) is 6.04 Å². The molecule has 0 bridgehead atoms. The number of hydrogen-bond acceptors (Lipinski definition) is 6. The van der Waals surface area contributed by atoms with Gasteiger partial charge in [-0.1, -0.05) is 23.7 Å². The second kappa shape index (κ2) is 12.8. The second-order valence-corrected chi connectivity index (χ2v) is 7.92. The lowest BCUT2D eigenvalue weighted by molar-refractivity contribution is -0.123. The number of amides is 3. The Hall–Kier alpha value is -2.91. The third-order valence-electron chi connectivity index (χ3n) is 4.38. The summed E-state index contributed by atoms with van der Waals surface area (Å²) in [5.41, 5.74) is 5.27. The molecule has 0 fully saturated rings. The molecule has 0 saturated heterocycles. The molecule has 1 atom stereocenters. The van der Waals surface area contributed by atoms with Crippen molar-refractivity contribution in [2.45, 2.75) is 19.4 Å². The van der Waals surface area contributed by atoms with Crippen LogP contribution in [-0.2, 0) is 4.79 Å². The first-order valence-electron chi connectivity index (χ1n) is 9.86. The number of methoxy groups -OCH3 is 1. The van der Waals surface area contributed by atoms with Gasteiger partial charge in [0.25, 0.3) is 17.7 Å². The van der Waals surface area contributed by atoms with Crippen LogP contribution in [0.2, 0.25) is 5.02 Å². The molecule has 2 aromatic rings. The lowest BCUT2D eigenvalue weighted by Crippen LogP contribution is -2.52. The Morgan fingerprint density at radius 2 is 1.81 bits per heavy atom. The molecular weight excluding hydrogens is 454 g/mol. The van der Waals surface area contributed by atoms with Gasteiger partial charge in [0.2, 0.25) is 0 Å². The minimum Gasteiger partial charge on any atom is -0.493 e. The van der Waals surface area contributed by atoms with Crippen LogP contribution < -0.4 is 25.6 Å².